The number of phenolic OH excluding ortho intramolecular Hbond substituents is 1. The summed E-state index contributed by atoms with van der Waals surface area (Å²) in [5.41, 5.74) is 0.562. The molecule has 0 aliphatic carbocycles. The van der Waals surface area contributed by atoms with Crippen LogP contribution in [0.2, 0.25) is 0 Å². The number of aromatic hydroxyl groups is 1. The largest absolute Gasteiger partial charge is 0.508 e. The maximum Gasteiger partial charge on any atom is 0.325 e. The Morgan fingerprint density at radius 2 is 2.05 bits per heavy atom. The van der Waals surface area contributed by atoms with Crippen LogP contribution in [0.1, 0.15) is 25.5 Å². The van der Waals surface area contributed by atoms with Crippen molar-refractivity contribution in [2.24, 2.45) is 0 Å². The Bertz CT molecular complexity index is 405. The van der Waals surface area contributed by atoms with Gasteiger partial charge in [-0.15, -0.1) is 0 Å². The Morgan fingerprint density at radius 1 is 1.37 bits per heavy atom. The maximum atomic E-state index is 11.3. The lowest BCUT2D eigenvalue weighted by molar-refractivity contribution is -0.139. The van der Waals surface area contributed by atoms with Crippen molar-refractivity contribution in [2.45, 2.75) is 19.9 Å². The van der Waals surface area contributed by atoms with Gasteiger partial charge in [0.05, 0.1) is 0 Å². The first-order valence-corrected chi connectivity index (χ1v) is 6.56. The number of likely N-dealkylation sites (N-methyl/N-ethyl adjacent to an activating group) is 1. The summed E-state index contributed by atoms with van der Waals surface area (Å²) in [7, 11) is 0. The normalized spacial score (nSPS) is 12.6. The zero-order valence-corrected chi connectivity index (χ0v) is 11.5. The van der Waals surface area contributed by atoms with E-state index in [9.17, 15) is 15.0 Å². The third-order valence-electron chi connectivity index (χ3n) is 3.12. The summed E-state index contributed by atoms with van der Waals surface area (Å²) >= 11 is 0. The van der Waals surface area contributed by atoms with E-state index < -0.39 is 12.0 Å². The zero-order chi connectivity index (χ0) is 14.3. The molecule has 0 bridgehead atoms. The number of carboxylic acids is 1. The molecule has 1 rings (SSSR count). The minimum absolute atomic E-state index is 0.0780. The topological polar surface area (TPSA) is 72.8 Å². The standard InChI is InChI=1S/C14H22N2O3/c1-3-16(4-2)9-8-15-13(14(18)19)11-6-5-7-12(17)10-11/h5-7,10,13,15,17H,3-4,8-9H2,1-2H3,(H,18,19). The van der Waals surface area contributed by atoms with Crippen molar-refractivity contribution in [3.8, 4) is 5.75 Å². The van der Waals surface area contributed by atoms with Crippen molar-refractivity contribution in [1.82, 2.24) is 10.2 Å². The average Bonchev–Trinajstić information content (AvgIpc) is 2.38. The molecular weight excluding hydrogens is 244 g/mol. The van der Waals surface area contributed by atoms with Gasteiger partial charge in [0.1, 0.15) is 11.8 Å². The van der Waals surface area contributed by atoms with E-state index in [-0.39, 0.29) is 5.75 Å². The fourth-order valence-electron chi connectivity index (χ4n) is 1.96. The molecule has 0 aliphatic rings. The highest BCUT2D eigenvalue weighted by Crippen LogP contribution is 2.18. The molecule has 0 spiro atoms. The molecule has 0 fully saturated rings. The van der Waals surface area contributed by atoms with Crippen molar-refractivity contribution < 1.29 is 15.0 Å². The average molecular weight is 266 g/mol. The van der Waals surface area contributed by atoms with Crippen LogP contribution in [0.4, 0.5) is 0 Å². The Balaban J connectivity index is 2.62. The van der Waals surface area contributed by atoms with Gasteiger partial charge in [-0.05, 0) is 30.8 Å². The van der Waals surface area contributed by atoms with E-state index in [2.05, 4.69) is 24.1 Å². The smallest absolute Gasteiger partial charge is 0.325 e. The predicted octanol–water partition coefficient (Wildman–Crippen LogP) is 1.45. The van der Waals surface area contributed by atoms with Gasteiger partial charge in [-0.25, -0.2) is 0 Å². The second-order valence-corrected chi connectivity index (χ2v) is 4.35. The van der Waals surface area contributed by atoms with Gasteiger partial charge in [-0.1, -0.05) is 26.0 Å². The van der Waals surface area contributed by atoms with Crippen LogP contribution in [0, 0.1) is 0 Å². The molecule has 5 heteroatoms. The maximum absolute atomic E-state index is 11.3. The van der Waals surface area contributed by atoms with Gasteiger partial charge in [-0.3, -0.25) is 10.1 Å². The lowest BCUT2D eigenvalue weighted by Gasteiger charge is -2.20. The van der Waals surface area contributed by atoms with Crippen LogP contribution in [0.5, 0.6) is 5.75 Å². The molecule has 0 saturated carbocycles. The molecular formula is C14H22N2O3. The fraction of sp³-hybridized carbons (Fsp3) is 0.500. The van der Waals surface area contributed by atoms with E-state index in [0.29, 0.717) is 12.1 Å². The molecule has 0 saturated heterocycles. The monoisotopic (exact) mass is 266 g/mol. The summed E-state index contributed by atoms with van der Waals surface area (Å²) in [4.78, 5) is 13.5. The summed E-state index contributed by atoms with van der Waals surface area (Å²) in [6.45, 7) is 7.44. The second-order valence-electron chi connectivity index (χ2n) is 4.35. The van der Waals surface area contributed by atoms with Crippen molar-refractivity contribution in [2.75, 3.05) is 26.2 Å². The van der Waals surface area contributed by atoms with E-state index in [0.717, 1.165) is 19.6 Å². The molecule has 0 heterocycles. The third kappa shape index (κ3) is 4.89. The first-order chi connectivity index (χ1) is 9.08. The molecule has 0 amide bonds. The number of carboxylic acid groups (broad SMARTS) is 1. The van der Waals surface area contributed by atoms with Gasteiger partial charge >= 0.3 is 5.97 Å². The number of hydrogen-bond acceptors (Lipinski definition) is 4. The van der Waals surface area contributed by atoms with Crippen LogP contribution in [0.15, 0.2) is 24.3 Å². The number of hydrogen-bond donors (Lipinski definition) is 3. The number of aliphatic carboxylic acids is 1. The fourth-order valence-corrected chi connectivity index (χ4v) is 1.96. The molecule has 0 radical (unpaired) electrons. The summed E-state index contributed by atoms with van der Waals surface area (Å²) in [5.74, 6) is -0.862. The van der Waals surface area contributed by atoms with Crippen LogP contribution in [-0.2, 0) is 4.79 Å². The van der Waals surface area contributed by atoms with E-state index in [1.165, 1.54) is 12.1 Å². The highest BCUT2D eigenvalue weighted by molar-refractivity contribution is 5.75. The van der Waals surface area contributed by atoms with E-state index in [1.54, 1.807) is 12.1 Å². The van der Waals surface area contributed by atoms with Crippen LogP contribution < -0.4 is 5.32 Å². The minimum Gasteiger partial charge on any atom is -0.508 e. The van der Waals surface area contributed by atoms with Crippen molar-refractivity contribution in [1.29, 1.82) is 0 Å². The molecule has 1 aromatic rings. The Kier molecular flexibility index (Phi) is 6.32. The van der Waals surface area contributed by atoms with Crippen molar-refractivity contribution in [3.63, 3.8) is 0 Å². The molecule has 19 heavy (non-hydrogen) atoms. The molecule has 1 atom stereocenters. The second kappa shape index (κ2) is 7.76. The highest BCUT2D eigenvalue weighted by Gasteiger charge is 2.19. The zero-order valence-electron chi connectivity index (χ0n) is 11.5. The SMILES string of the molecule is CCN(CC)CCNC(C(=O)O)c1cccc(O)c1. The van der Waals surface area contributed by atoms with Gasteiger partial charge in [0.2, 0.25) is 0 Å². The summed E-state index contributed by atoms with van der Waals surface area (Å²) in [6.07, 6.45) is 0. The predicted molar refractivity (Wildman–Crippen MR) is 74.3 cm³/mol. The van der Waals surface area contributed by atoms with Gasteiger partial charge in [-0.2, -0.15) is 0 Å². The first kappa shape index (κ1) is 15.5. The molecule has 0 aliphatic heterocycles. The lowest BCUT2D eigenvalue weighted by atomic mass is 10.1. The van der Waals surface area contributed by atoms with Crippen molar-refractivity contribution in [3.05, 3.63) is 29.8 Å². The number of benzene rings is 1. The van der Waals surface area contributed by atoms with Crippen LogP contribution in [-0.4, -0.2) is 47.3 Å². The van der Waals surface area contributed by atoms with E-state index in [4.69, 9.17) is 0 Å². The Morgan fingerprint density at radius 3 is 2.58 bits per heavy atom. The van der Waals surface area contributed by atoms with Gasteiger partial charge < -0.3 is 15.1 Å². The summed E-state index contributed by atoms with van der Waals surface area (Å²) in [6, 6.07) is 5.56. The summed E-state index contributed by atoms with van der Waals surface area (Å²) in [5, 5.41) is 21.7. The van der Waals surface area contributed by atoms with Crippen LogP contribution >= 0.6 is 0 Å². The minimum atomic E-state index is -0.940. The van der Waals surface area contributed by atoms with E-state index in [1.807, 2.05) is 0 Å². The number of nitrogens with one attached hydrogen (secondary N) is 1. The Labute approximate surface area is 113 Å². The molecule has 106 valence electrons. The lowest BCUT2D eigenvalue weighted by Crippen LogP contribution is -2.36. The molecule has 0 aromatic heterocycles. The van der Waals surface area contributed by atoms with Crippen LogP contribution in [0.3, 0.4) is 0 Å². The molecule has 1 unspecified atom stereocenters. The van der Waals surface area contributed by atoms with Crippen LogP contribution in [0.25, 0.3) is 0 Å². The third-order valence-corrected chi connectivity index (χ3v) is 3.12. The first-order valence-electron chi connectivity index (χ1n) is 6.56. The number of rotatable bonds is 8. The number of nitrogens with zero attached hydrogens (tertiary/aromatic N) is 1. The summed E-state index contributed by atoms with van der Waals surface area (Å²) < 4.78 is 0. The quantitative estimate of drug-likeness (QED) is 0.664. The Hall–Kier alpha value is -1.59. The van der Waals surface area contributed by atoms with Gasteiger partial charge in [0, 0.05) is 13.1 Å². The molecule has 1 aromatic carbocycles. The van der Waals surface area contributed by atoms with Gasteiger partial charge in [0.25, 0.3) is 0 Å². The highest BCUT2D eigenvalue weighted by atomic mass is 16.4. The molecule has 5 nitrogen and oxygen atoms in total. The van der Waals surface area contributed by atoms with Crippen molar-refractivity contribution >= 4 is 5.97 Å². The van der Waals surface area contributed by atoms with Gasteiger partial charge in [0.15, 0.2) is 0 Å². The molecule has 3 N–H and O–H groups in total. The number of phenols is 1. The van der Waals surface area contributed by atoms with E-state index >= 15 is 0 Å². The number of carbonyl (C=O) groups is 1.